The molecule has 0 radical (unpaired) electrons. The number of carbonyl (C=O) groups is 1. The molecule has 2 aromatic heterocycles. The second-order valence-corrected chi connectivity index (χ2v) is 7.24. The highest BCUT2D eigenvalue weighted by Crippen LogP contribution is 2.29. The Hall–Kier alpha value is -2.11. The third kappa shape index (κ3) is 4.30. The zero-order valence-electron chi connectivity index (χ0n) is 14.2. The van der Waals surface area contributed by atoms with Crippen molar-refractivity contribution in [2.75, 3.05) is 0 Å². The van der Waals surface area contributed by atoms with E-state index in [2.05, 4.69) is 12.2 Å². The van der Waals surface area contributed by atoms with Crippen molar-refractivity contribution in [1.29, 1.82) is 0 Å². The summed E-state index contributed by atoms with van der Waals surface area (Å²) >= 11 is 7.51. The van der Waals surface area contributed by atoms with Crippen LogP contribution in [0.3, 0.4) is 0 Å². The van der Waals surface area contributed by atoms with Crippen molar-refractivity contribution in [3.05, 3.63) is 53.0 Å². The van der Waals surface area contributed by atoms with E-state index in [0.717, 1.165) is 28.4 Å². The maximum Gasteiger partial charge on any atom is 0.240 e. The molecule has 130 valence electrons. The van der Waals surface area contributed by atoms with Gasteiger partial charge >= 0.3 is 0 Å². The average Bonchev–Trinajstić information content (AvgIpc) is 3.24. The van der Waals surface area contributed by atoms with Crippen LogP contribution in [0.1, 0.15) is 20.3 Å². The van der Waals surface area contributed by atoms with Gasteiger partial charge in [0.1, 0.15) is 11.6 Å². The number of hydrogen-bond acceptors (Lipinski definition) is 3. The second-order valence-electron chi connectivity index (χ2n) is 5.94. The lowest BCUT2D eigenvalue weighted by Crippen LogP contribution is -2.34. The predicted molar refractivity (Wildman–Crippen MR) is 104 cm³/mol. The van der Waals surface area contributed by atoms with Crippen molar-refractivity contribution in [3.8, 4) is 22.0 Å². The van der Waals surface area contributed by atoms with Crippen LogP contribution in [0.4, 0.5) is 0 Å². The van der Waals surface area contributed by atoms with Gasteiger partial charge in [-0.05, 0) is 37.6 Å². The van der Waals surface area contributed by atoms with Crippen LogP contribution in [0.25, 0.3) is 22.0 Å². The van der Waals surface area contributed by atoms with Crippen LogP contribution in [0.2, 0.25) is 5.02 Å². The molecule has 0 unspecified atom stereocenters. The summed E-state index contributed by atoms with van der Waals surface area (Å²) in [4.78, 5) is 16.9. The zero-order chi connectivity index (χ0) is 17.8. The predicted octanol–water partition coefficient (Wildman–Crippen LogP) is 4.85. The maximum absolute atomic E-state index is 12.2. The molecule has 3 rings (SSSR count). The fraction of sp³-hybridized carbons (Fsp3) is 0.263. The minimum absolute atomic E-state index is 0.0151. The van der Waals surface area contributed by atoms with Gasteiger partial charge in [-0.3, -0.25) is 4.79 Å². The van der Waals surface area contributed by atoms with E-state index in [4.69, 9.17) is 16.6 Å². The number of amides is 1. The van der Waals surface area contributed by atoms with E-state index in [1.165, 1.54) is 0 Å². The molecule has 0 aliphatic heterocycles. The summed E-state index contributed by atoms with van der Waals surface area (Å²) in [6.45, 7) is 4.36. The van der Waals surface area contributed by atoms with Gasteiger partial charge < -0.3 is 9.88 Å². The van der Waals surface area contributed by atoms with Crippen molar-refractivity contribution >= 4 is 28.8 Å². The lowest BCUT2D eigenvalue weighted by molar-refractivity contribution is -0.122. The summed E-state index contributed by atoms with van der Waals surface area (Å²) in [6, 6.07) is 11.7. The van der Waals surface area contributed by atoms with Gasteiger partial charge in [-0.15, -0.1) is 11.3 Å². The molecule has 1 N–H and O–H groups in total. The van der Waals surface area contributed by atoms with Crippen LogP contribution in [-0.4, -0.2) is 21.5 Å². The molecule has 25 heavy (non-hydrogen) atoms. The van der Waals surface area contributed by atoms with Crippen LogP contribution in [0.15, 0.2) is 48.0 Å². The molecule has 0 fully saturated rings. The number of rotatable bonds is 6. The quantitative estimate of drug-likeness (QED) is 0.671. The third-order valence-electron chi connectivity index (χ3n) is 4.03. The Morgan fingerprint density at radius 1 is 1.32 bits per heavy atom. The largest absolute Gasteiger partial charge is 0.352 e. The van der Waals surface area contributed by atoms with Gasteiger partial charge in [0, 0.05) is 28.2 Å². The van der Waals surface area contributed by atoms with E-state index >= 15 is 0 Å². The SMILES string of the molecule is CC[C@@H](C)NC(=O)Cn1cccc1-c1nc(-c2ccc(Cl)cc2)cs1. The number of thiazole rings is 1. The van der Waals surface area contributed by atoms with Gasteiger partial charge in [0.25, 0.3) is 0 Å². The first-order chi connectivity index (χ1) is 12.1. The summed E-state index contributed by atoms with van der Waals surface area (Å²) in [6.07, 6.45) is 2.83. The van der Waals surface area contributed by atoms with E-state index in [-0.39, 0.29) is 11.9 Å². The third-order valence-corrected chi connectivity index (χ3v) is 5.14. The maximum atomic E-state index is 12.2. The van der Waals surface area contributed by atoms with Gasteiger partial charge in [-0.1, -0.05) is 30.7 Å². The summed E-state index contributed by atoms with van der Waals surface area (Å²) in [7, 11) is 0. The van der Waals surface area contributed by atoms with E-state index < -0.39 is 0 Å². The highest BCUT2D eigenvalue weighted by molar-refractivity contribution is 7.13. The summed E-state index contributed by atoms with van der Waals surface area (Å²) < 4.78 is 1.93. The lowest BCUT2D eigenvalue weighted by Gasteiger charge is -2.13. The number of aromatic nitrogens is 2. The van der Waals surface area contributed by atoms with Gasteiger partial charge in [0.15, 0.2) is 0 Å². The number of benzene rings is 1. The molecule has 0 aliphatic rings. The Balaban J connectivity index is 1.78. The summed E-state index contributed by atoms with van der Waals surface area (Å²) in [5, 5.41) is 6.62. The molecular weight excluding hydrogens is 354 g/mol. The van der Waals surface area contributed by atoms with Crippen LogP contribution < -0.4 is 5.32 Å². The summed E-state index contributed by atoms with van der Waals surface area (Å²) in [5.41, 5.74) is 2.89. The fourth-order valence-corrected chi connectivity index (χ4v) is 3.46. The van der Waals surface area contributed by atoms with Gasteiger partial charge in [-0.2, -0.15) is 0 Å². The first kappa shape index (κ1) is 17.7. The normalized spacial score (nSPS) is 12.1. The number of hydrogen-bond donors (Lipinski definition) is 1. The van der Waals surface area contributed by atoms with Crippen LogP contribution in [0.5, 0.6) is 0 Å². The molecule has 0 saturated carbocycles. The van der Waals surface area contributed by atoms with Crippen LogP contribution in [0, 0.1) is 0 Å². The number of nitrogens with zero attached hydrogens (tertiary/aromatic N) is 2. The first-order valence-corrected chi connectivity index (χ1v) is 9.49. The highest BCUT2D eigenvalue weighted by Gasteiger charge is 2.13. The molecule has 3 aromatic rings. The zero-order valence-corrected chi connectivity index (χ0v) is 15.8. The van der Waals surface area contributed by atoms with Crippen molar-refractivity contribution in [3.63, 3.8) is 0 Å². The van der Waals surface area contributed by atoms with Gasteiger partial charge in [0.2, 0.25) is 5.91 Å². The molecular formula is C19H20ClN3OS. The molecule has 0 spiro atoms. The molecule has 1 amide bonds. The monoisotopic (exact) mass is 373 g/mol. The van der Waals surface area contributed by atoms with E-state index in [1.54, 1.807) is 11.3 Å². The molecule has 0 saturated heterocycles. The number of halogens is 1. The highest BCUT2D eigenvalue weighted by atomic mass is 35.5. The Morgan fingerprint density at radius 2 is 2.08 bits per heavy atom. The smallest absolute Gasteiger partial charge is 0.240 e. The Kier molecular flexibility index (Phi) is 5.56. The van der Waals surface area contributed by atoms with Crippen molar-refractivity contribution in [1.82, 2.24) is 14.9 Å². The molecule has 1 aromatic carbocycles. The van der Waals surface area contributed by atoms with Crippen molar-refractivity contribution in [2.24, 2.45) is 0 Å². The average molecular weight is 374 g/mol. The van der Waals surface area contributed by atoms with Crippen LogP contribution in [-0.2, 0) is 11.3 Å². The van der Waals surface area contributed by atoms with E-state index in [1.807, 2.05) is 59.5 Å². The van der Waals surface area contributed by atoms with E-state index in [0.29, 0.717) is 11.6 Å². The minimum atomic E-state index is 0.0151. The second kappa shape index (κ2) is 7.85. The molecule has 4 nitrogen and oxygen atoms in total. The minimum Gasteiger partial charge on any atom is -0.352 e. The van der Waals surface area contributed by atoms with E-state index in [9.17, 15) is 4.79 Å². The number of carbonyl (C=O) groups excluding carboxylic acids is 1. The fourth-order valence-electron chi connectivity index (χ4n) is 2.47. The van der Waals surface area contributed by atoms with Crippen LogP contribution >= 0.6 is 22.9 Å². The Bertz CT molecular complexity index is 854. The van der Waals surface area contributed by atoms with Gasteiger partial charge in [-0.25, -0.2) is 4.98 Å². The molecule has 6 heteroatoms. The lowest BCUT2D eigenvalue weighted by atomic mass is 10.2. The van der Waals surface area contributed by atoms with Gasteiger partial charge in [0.05, 0.1) is 11.4 Å². The summed E-state index contributed by atoms with van der Waals surface area (Å²) in [5.74, 6) is 0.0151. The standard InChI is InChI=1S/C19H20ClN3OS/c1-3-13(2)21-18(24)11-23-10-4-5-17(23)19-22-16(12-25-19)14-6-8-15(20)9-7-14/h4-10,12-13H,3,11H2,1-2H3,(H,21,24)/t13-/m1/s1. The number of nitrogens with one attached hydrogen (secondary N) is 1. The Labute approximate surface area is 156 Å². The van der Waals surface area contributed by atoms with Crippen molar-refractivity contribution < 1.29 is 4.79 Å². The molecule has 0 aliphatic carbocycles. The molecule has 1 atom stereocenters. The topological polar surface area (TPSA) is 46.9 Å². The Morgan fingerprint density at radius 3 is 2.80 bits per heavy atom. The first-order valence-electron chi connectivity index (χ1n) is 8.23. The molecule has 2 heterocycles. The molecule has 0 bridgehead atoms. The van der Waals surface area contributed by atoms with Crippen molar-refractivity contribution in [2.45, 2.75) is 32.9 Å².